The van der Waals surface area contributed by atoms with E-state index in [-0.39, 0.29) is 17.8 Å². The number of amides is 1. The second-order valence-corrected chi connectivity index (χ2v) is 4.05. The van der Waals surface area contributed by atoms with Crippen LogP contribution < -0.4 is 11.1 Å². The van der Waals surface area contributed by atoms with Crippen LogP contribution in [-0.4, -0.2) is 23.0 Å². The quantitative estimate of drug-likeness (QED) is 0.294. The topological polar surface area (TPSA) is 101 Å². The number of carbonyl (C=O) groups excluding carboxylic acids is 1. The van der Waals surface area contributed by atoms with E-state index < -0.39 is 0 Å². The van der Waals surface area contributed by atoms with Crippen molar-refractivity contribution < 1.29 is 14.4 Å². The molecule has 1 heterocycles. The standard InChI is InChI=1S/C12H19N3O3/c1-2-9(8-11(13)15-17)14-12(16)6-5-10-4-3-7-18-10/h3-4,7,9,17H,2,5-6,8H2,1H3,(H2,13,15)(H,14,16). The zero-order valence-corrected chi connectivity index (χ0v) is 10.4. The van der Waals surface area contributed by atoms with E-state index in [0.29, 0.717) is 19.3 Å². The lowest BCUT2D eigenvalue weighted by atomic mass is 10.1. The van der Waals surface area contributed by atoms with Crippen molar-refractivity contribution in [1.82, 2.24) is 5.32 Å². The van der Waals surface area contributed by atoms with Crippen LogP contribution in [0.1, 0.15) is 31.9 Å². The van der Waals surface area contributed by atoms with Gasteiger partial charge in [-0.25, -0.2) is 0 Å². The maximum Gasteiger partial charge on any atom is 0.220 e. The van der Waals surface area contributed by atoms with Crippen molar-refractivity contribution in [3.05, 3.63) is 24.2 Å². The van der Waals surface area contributed by atoms with Gasteiger partial charge in [0.2, 0.25) is 5.91 Å². The molecule has 6 nitrogen and oxygen atoms in total. The van der Waals surface area contributed by atoms with Gasteiger partial charge in [0.1, 0.15) is 11.6 Å². The molecule has 0 saturated carbocycles. The Labute approximate surface area is 106 Å². The molecule has 0 aliphatic heterocycles. The molecular formula is C12H19N3O3. The lowest BCUT2D eigenvalue weighted by Crippen LogP contribution is -2.37. The third-order valence-corrected chi connectivity index (χ3v) is 2.62. The third-order valence-electron chi connectivity index (χ3n) is 2.62. The van der Waals surface area contributed by atoms with Crippen LogP contribution >= 0.6 is 0 Å². The summed E-state index contributed by atoms with van der Waals surface area (Å²) < 4.78 is 5.14. The van der Waals surface area contributed by atoms with Gasteiger partial charge in [-0.05, 0) is 18.6 Å². The van der Waals surface area contributed by atoms with E-state index in [1.54, 1.807) is 12.3 Å². The Morgan fingerprint density at radius 3 is 3.00 bits per heavy atom. The molecule has 0 radical (unpaired) electrons. The fourth-order valence-corrected chi connectivity index (χ4v) is 1.58. The molecule has 0 fully saturated rings. The molecule has 0 bridgehead atoms. The van der Waals surface area contributed by atoms with Gasteiger partial charge in [-0.1, -0.05) is 12.1 Å². The molecule has 1 aromatic heterocycles. The molecule has 1 unspecified atom stereocenters. The first-order valence-corrected chi connectivity index (χ1v) is 5.93. The maximum atomic E-state index is 11.7. The lowest BCUT2D eigenvalue weighted by Gasteiger charge is -2.15. The highest BCUT2D eigenvalue weighted by atomic mass is 16.4. The summed E-state index contributed by atoms with van der Waals surface area (Å²) >= 11 is 0. The van der Waals surface area contributed by atoms with Gasteiger partial charge < -0.3 is 20.7 Å². The number of hydrogen-bond donors (Lipinski definition) is 3. The zero-order valence-electron chi connectivity index (χ0n) is 10.4. The number of oxime groups is 1. The van der Waals surface area contributed by atoms with Crippen molar-refractivity contribution in [1.29, 1.82) is 0 Å². The first-order valence-electron chi connectivity index (χ1n) is 5.93. The summed E-state index contributed by atoms with van der Waals surface area (Å²) in [6.45, 7) is 1.93. The molecule has 100 valence electrons. The number of rotatable bonds is 7. The highest BCUT2D eigenvalue weighted by Gasteiger charge is 2.12. The van der Waals surface area contributed by atoms with Crippen LogP contribution in [0.3, 0.4) is 0 Å². The highest BCUT2D eigenvalue weighted by molar-refractivity contribution is 5.82. The summed E-state index contributed by atoms with van der Waals surface area (Å²) in [7, 11) is 0. The van der Waals surface area contributed by atoms with E-state index >= 15 is 0 Å². The van der Waals surface area contributed by atoms with Gasteiger partial charge in [0, 0.05) is 25.3 Å². The second kappa shape index (κ2) is 7.37. The van der Waals surface area contributed by atoms with E-state index in [0.717, 1.165) is 12.2 Å². The number of carbonyl (C=O) groups is 1. The molecular weight excluding hydrogens is 234 g/mol. The molecule has 0 spiro atoms. The molecule has 0 aromatic carbocycles. The first-order chi connectivity index (χ1) is 8.65. The molecule has 1 atom stereocenters. The molecule has 1 rings (SSSR count). The molecule has 4 N–H and O–H groups in total. The van der Waals surface area contributed by atoms with Crippen molar-refractivity contribution in [3.8, 4) is 0 Å². The number of nitrogens with zero attached hydrogens (tertiary/aromatic N) is 1. The van der Waals surface area contributed by atoms with Gasteiger partial charge in [0.15, 0.2) is 0 Å². The fraction of sp³-hybridized carbons (Fsp3) is 0.500. The Balaban J connectivity index is 2.33. The SMILES string of the molecule is CCC(CC(N)=NO)NC(=O)CCc1ccco1. The van der Waals surface area contributed by atoms with Crippen LogP contribution in [0.25, 0.3) is 0 Å². The molecule has 18 heavy (non-hydrogen) atoms. The predicted octanol–water partition coefficient (Wildman–Crippen LogP) is 1.24. The van der Waals surface area contributed by atoms with Gasteiger partial charge in [-0.3, -0.25) is 4.79 Å². The van der Waals surface area contributed by atoms with Crippen LogP contribution in [0.15, 0.2) is 28.0 Å². The Morgan fingerprint density at radius 2 is 2.44 bits per heavy atom. The summed E-state index contributed by atoms with van der Waals surface area (Å²) in [5, 5.41) is 14.2. The number of amidine groups is 1. The van der Waals surface area contributed by atoms with Crippen molar-refractivity contribution >= 4 is 11.7 Å². The van der Waals surface area contributed by atoms with Crippen molar-refractivity contribution in [3.63, 3.8) is 0 Å². The fourth-order valence-electron chi connectivity index (χ4n) is 1.58. The number of aryl methyl sites for hydroxylation is 1. The van der Waals surface area contributed by atoms with Crippen molar-refractivity contribution in [2.75, 3.05) is 0 Å². The Hall–Kier alpha value is -1.98. The van der Waals surface area contributed by atoms with Gasteiger partial charge >= 0.3 is 0 Å². The minimum absolute atomic E-state index is 0.0658. The van der Waals surface area contributed by atoms with Crippen molar-refractivity contribution in [2.45, 2.75) is 38.6 Å². The summed E-state index contributed by atoms with van der Waals surface area (Å²) in [4.78, 5) is 11.7. The van der Waals surface area contributed by atoms with Crippen LogP contribution in [0.5, 0.6) is 0 Å². The second-order valence-electron chi connectivity index (χ2n) is 4.05. The highest BCUT2D eigenvalue weighted by Crippen LogP contribution is 2.04. The lowest BCUT2D eigenvalue weighted by molar-refractivity contribution is -0.121. The summed E-state index contributed by atoms with van der Waals surface area (Å²) in [6.07, 6.45) is 3.59. The van der Waals surface area contributed by atoms with Gasteiger partial charge in [0.25, 0.3) is 0 Å². The predicted molar refractivity (Wildman–Crippen MR) is 67.3 cm³/mol. The van der Waals surface area contributed by atoms with Gasteiger partial charge in [-0.15, -0.1) is 0 Å². The molecule has 1 aromatic rings. The van der Waals surface area contributed by atoms with Crippen LogP contribution in [0.4, 0.5) is 0 Å². The molecule has 0 aliphatic carbocycles. The Morgan fingerprint density at radius 1 is 1.67 bits per heavy atom. The van der Waals surface area contributed by atoms with Gasteiger partial charge in [-0.2, -0.15) is 0 Å². The smallest absolute Gasteiger partial charge is 0.220 e. The summed E-state index contributed by atoms with van der Waals surface area (Å²) in [5.41, 5.74) is 5.41. The minimum Gasteiger partial charge on any atom is -0.469 e. The summed E-state index contributed by atoms with van der Waals surface area (Å²) in [6, 6.07) is 3.52. The van der Waals surface area contributed by atoms with Crippen LogP contribution in [-0.2, 0) is 11.2 Å². The van der Waals surface area contributed by atoms with E-state index in [1.165, 1.54) is 0 Å². The van der Waals surface area contributed by atoms with E-state index in [4.69, 9.17) is 15.4 Å². The number of hydrogen-bond acceptors (Lipinski definition) is 4. The largest absolute Gasteiger partial charge is 0.469 e. The van der Waals surface area contributed by atoms with E-state index in [9.17, 15) is 4.79 Å². The number of furan rings is 1. The van der Waals surface area contributed by atoms with E-state index in [1.807, 2.05) is 13.0 Å². The van der Waals surface area contributed by atoms with E-state index in [2.05, 4.69) is 10.5 Å². The van der Waals surface area contributed by atoms with Gasteiger partial charge in [0.05, 0.1) is 6.26 Å². The number of nitrogens with two attached hydrogens (primary N) is 1. The molecule has 1 amide bonds. The van der Waals surface area contributed by atoms with Crippen LogP contribution in [0, 0.1) is 0 Å². The van der Waals surface area contributed by atoms with Crippen LogP contribution in [0.2, 0.25) is 0 Å². The average molecular weight is 253 g/mol. The first kappa shape index (κ1) is 14.1. The minimum atomic E-state index is -0.106. The number of nitrogens with one attached hydrogen (secondary N) is 1. The Bertz CT molecular complexity index is 387. The normalized spacial score (nSPS) is 13.3. The molecule has 0 saturated heterocycles. The average Bonchev–Trinajstić information content (AvgIpc) is 2.88. The molecule has 0 aliphatic rings. The monoisotopic (exact) mass is 253 g/mol. The zero-order chi connectivity index (χ0) is 13.4. The molecule has 6 heteroatoms. The Kier molecular flexibility index (Phi) is 5.76. The summed E-state index contributed by atoms with van der Waals surface area (Å²) in [5.74, 6) is 0.840. The van der Waals surface area contributed by atoms with Crippen molar-refractivity contribution in [2.24, 2.45) is 10.9 Å². The maximum absolute atomic E-state index is 11.7. The third kappa shape index (κ3) is 4.90.